The minimum Gasteiger partial charge on any atom is -0.478 e. The van der Waals surface area contributed by atoms with Crippen molar-refractivity contribution in [2.45, 2.75) is 32.1 Å². The van der Waals surface area contributed by atoms with Gasteiger partial charge in [0.25, 0.3) is 0 Å². The van der Waals surface area contributed by atoms with Gasteiger partial charge in [-0.25, -0.2) is 13.6 Å². The summed E-state index contributed by atoms with van der Waals surface area (Å²) in [5.41, 5.74) is 4.32. The van der Waals surface area contributed by atoms with Crippen molar-refractivity contribution in [3.63, 3.8) is 0 Å². The first-order chi connectivity index (χ1) is 9.95. The monoisotopic (exact) mass is 300 g/mol. The fraction of sp³-hybridized carbons (Fsp3) is 0.429. The molecule has 21 heavy (non-hydrogen) atoms. The summed E-state index contributed by atoms with van der Waals surface area (Å²) >= 11 is 0. The van der Waals surface area contributed by atoms with Crippen molar-refractivity contribution in [3.8, 4) is 0 Å². The number of hydrogen-bond donors (Lipinski definition) is 3. The average Bonchev–Trinajstić information content (AvgIpc) is 2.41. The van der Waals surface area contributed by atoms with Gasteiger partial charge in [0.15, 0.2) is 0 Å². The van der Waals surface area contributed by atoms with Crippen molar-refractivity contribution in [1.29, 1.82) is 0 Å². The van der Waals surface area contributed by atoms with E-state index >= 15 is 0 Å². The third-order valence-corrected chi connectivity index (χ3v) is 2.92. The lowest BCUT2D eigenvalue weighted by molar-refractivity contribution is -0.116. The molecule has 0 unspecified atom stereocenters. The van der Waals surface area contributed by atoms with E-state index in [0.29, 0.717) is 19.0 Å². The van der Waals surface area contributed by atoms with E-state index in [9.17, 15) is 18.4 Å². The van der Waals surface area contributed by atoms with Gasteiger partial charge in [-0.05, 0) is 25.5 Å². The Kier molecular flexibility index (Phi) is 6.74. The molecule has 0 aliphatic rings. The molecular formula is C14H18F2N2O3. The summed E-state index contributed by atoms with van der Waals surface area (Å²) in [6, 6.07) is 1.22. The second kappa shape index (κ2) is 8.31. The van der Waals surface area contributed by atoms with Gasteiger partial charge in [0.1, 0.15) is 11.6 Å². The van der Waals surface area contributed by atoms with Gasteiger partial charge in [-0.3, -0.25) is 4.79 Å². The second-order valence-electron chi connectivity index (χ2n) is 4.62. The van der Waals surface area contributed by atoms with Gasteiger partial charge in [-0.15, -0.1) is 0 Å². The highest BCUT2D eigenvalue weighted by atomic mass is 19.1. The first-order valence-corrected chi connectivity index (χ1v) is 6.68. The maximum absolute atomic E-state index is 13.5. The Hall–Kier alpha value is -2.02. The van der Waals surface area contributed by atoms with Crippen LogP contribution in [0.25, 0.3) is 0 Å². The third-order valence-electron chi connectivity index (χ3n) is 2.92. The Labute approximate surface area is 121 Å². The lowest BCUT2D eigenvalue weighted by atomic mass is 10.1. The molecule has 0 atom stereocenters. The summed E-state index contributed by atoms with van der Waals surface area (Å²) in [5, 5.41) is 11.0. The number of aromatic carboxylic acids is 1. The zero-order chi connectivity index (χ0) is 15.8. The van der Waals surface area contributed by atoms with Crippen LogP contribution in [0.1, 0.15) is 42.5 Å². The molecule has 1 aromatic carbocycles. The van der Waals surface area contributed by atoms with Crippen LogP contribution in [0.15, 0.2) is 12.1 Å². The number of hydrogen-bond acceptors (Lipinski definition) is 3. The topological polar surface area (TPSA) is 92.4 Å². The normalized spacial score (nSPS) is 10.4. The lowest BCUT2D eigenvalue weighted by Crippen LogP contribution is -2.14. The molecule has 5 nitrogen and oxygen atoms in total. The molecule has 0 radical (unpaired) electrons. The van der Waals surface area contributed by atoms with E-state index < -0.39 is 29.1 Å². The van der Waals surface area contributed by atoms with E-state index in [0.717, 1.165) is 25.3 Å². The molecule has 0 fully saturated rings. The summed E-state index contributed by atoms with van der Waals surface area (Å²) in [7, 11) is 0. The van der Waals surface area contributed by atoms with Crippen LogP contribution in [0.3, 0.4) is 0 Å². The number of carbonyl (C=O) groups excluding carboxylic acids is 1. The van der Waals surface area contributed by atoms with Gasteiger partial charge >= 0.3 is 5.97 Å². The van der Waals surface area contributed by atoms with Gasteiger partial charge < -0.3 is 16.2 Å². The summed E-state index contributed by atoms with van der Waals surface area (Å²) in [5.74, 6) is -4.15. The van der Waals surface area contributed by atoms with Crippen LogP contribution in [0.5, 0.6) is 0 Å². The molecule has 0 saturated heterocycles. The van der Waals surface area contributed by atoms with Crippen molar-refractivity contribution in [3.05, 3.63) is 29.3 Å². The highest BCUT2D eigenvalue weighted by Crippen LogP contribution is 2.20. The minimum absolute atomic E-state index is 0.184. The van der Waals surface area contributed by atoms with Crippen LogP contribution < -0.4 is 11.1 Å². The van der Waals surface area contributed by atoms with E-state index in [1.165, 1.54) is 0 Å². The van der Waals surface area contributed by atoms with Crippen LogP contribution in [0.2, 0.25) is 0 Å². The maximum Gasteiger partial charge on any atom is 0.338 e. The number of benzene rings is 1. The van der Waals surface area contributed by atoms with Crippen LogP contribution in [0, 0.1) is 11.6 Å². The molecule has 0 bridgehead atoms. The van der Waals surface area contributed by atoms with Crippen LogP contribution in [-0.4, -0.2) is 23.5 Å². The molecule has 4 N–H and O–H groups in total. The molecule has 0 aromatic heterocycles. The lowest BCUT2D eigenvalue weighted by Gasteiger charge is -2.08. The number of halogens is 2. The summed E-state index contributed by atoms with van der Waals surface area (Å²) in [6.45, 7) is 0.602. The Morgan fingerprint density at radius 1 is 1.10 bits per heavy atom. The van der Waals surface area contributed by atoms with Crippen molar-refractivity contribution in [2.24, 2.45) is 5.73 Å². The van der Waals surface area contributed by atoms with Crippen molar-refractivity contribution in [1.82, 2.24) is 0 Å². The molecule has 7 heteroatoms. The summed E-state index contributed by atoms with van der Waals surface area (Å²) in [6.07, 6.45) is 3.44. The Morgan fingerprint density at radius 3 is 2.38 bits per heavy atom. The van der Waals surface area contributed by atoms with E-state index in [4.69, 9.17) is 10.8 Å². The highest BCUT2D eigenvalue weighted by Gasteiger charge is 2.16. The number of nitrogens with two attached hydrogens (primary N) is 1. The number of amides is 1. The van der Waals surface area contributed by atoms with Crippen LogP contribution in [0.4, 0.5) is 14.5 Å². The molecule has 0 saturated carbocycles. The zero-order valence-electron chi connectivity index (χ0n) is 11.5. The molecule has 116 valence electrons. The quantitative estimate of drug-likeness (QED) is 0.643. The predicted molar refractivity (Wildman–Crippen MR) is 74.1 cm³/mol. The fourth-order valence-corrected chi connectivity index (χ4v) is 1.80. The molecule has 1 aromatic rings. The Bertz CT molecular complexity index is 521. The number of unbranched alkanes of at least 4 members (excludes halogenated alkanes) is 3. The smallest absolute Gasteiger partial charge is 0.338 e. The minimum atomic E-state index is -1.52. The first-order valence-electron chi connectivity index (χ1n) is 6.68. The van der Waals surface area contributed by atoms with E-state index in [2.05, 4.69) is 5.32 Å². The third kappa shape index (κ3) is 5.47. The number of carbonyl (C=O) groups is 2. The van der Waals surface area contributed by atoms with Gasteiger partial charge in [-0.1, -0.05) is 12.8 Å². The highest BCUT2D eigenvalue weighted by molar-refractivity contribution is 5.94. The number of rotatable bonds is 8. The molecule has 1 amide bonds. The number of carboxylic acid groups (broad SMARTS) is 1. The Morgan fingerprint density at radius 2 is 1.76 bits per heavy atom. The van der Waals surface area contributed by atoms with Gasteiger partial charge in [-0.2, -0.15) is 0 Å². The fourth-order valence-electron chi connectivity index (χ4n) is 1.80. The molecule has 0 spiro atoms. The van der Waals surface area contributed by atoms with Gasteiger partial charge in [0.2, 0.25) is 5.91 Å². The molecule has 1 rings (SSSR count). The summed E-state index contributed by atoms with van der Waals surface area (Å²) < 4.78 is 26.7. The average molecular weight is 300 g/mol. The SMILES string of the molecule is NCCCCCCC(=O)Nc1cc(C(=O)O)c(F)cc1F. The largest absolute Gasteiger partial charge is 0.478 e. The van der Waals surface area contributed by atoms with Crippen LogP contribution >= 0.6 is 0 Å². The van der Waals surface area contributed by atoms with Gasteiger partial charge in [0, 0.05) is 12.5 Å². The first kappa shape index (κ1) is 17.0. The predicted octanol–water partition coefficient (Wildman–Crippen LogP) is 2.51. The van der Waals surface area contributed by atoms with Gasteiger partial charge in [0.05, 0.1) is 11.3 Å². The standard InChI is InChI=1S/C14H18F2N2O3/c15-10-8-11(16)12(7-9(10)14(20)21)18-13(19)5-3-1-2-4-6-17/h7-8H,1-6,17H2,(H,18,19)(H,20,21). The van der Waals surface area contributed by atoms with Crippen molar-refractivity contribution >= 4 is 17.6 Å². The number of anilines is 1. The van der Waals surface area contributed by atoms with Crippen molar-refractivity contribution in [2.75, 3.05) is 11.9 Å². The molecular weight excluding hydrogens is 282 g/mol. The number of nitrogens with one attached hydrogen (secondary N) is 1. The number of carboxylic acids is 1. The second-order valence-corrected chi connectivity index (χ2v) is 4.62. The van der Waals surface area contributed by atoms with E-state index in [-0.39, 0.29) is 12.1 Å². The van der Waals surface area contributed by atoms with E-state index in [1.54, 1.807) is 0 Å². The van der Waals surface area contributed by atoms with E-state index in [1.807, 2.05) is 0 Å². The molecule has 0 heterocycles. The van der Waals surface area contributed by atoms with Crippen molar-refractivity contribution < 1.29 is 23.5 Å². The zero-order valence-corrected chi connectivity index (χ0v) is 11.5. The molecule has 0 aliphatic carbocycles. The Balaban J connectivity index is 2.59. The molecule has 0 aliphatic heterocycles. The maximum atomic E-state index is 13.5. The van der Waals surface area contributed by atoms with Crippen LogP contribution in [-0.2, 0) is 4.79 Å². The summed E-state index contributed by atoms with van der Waals surface area (Å²) in [4.78, 5) is 22.4.